The van der Waals surface area contributed by atoms with Gasteiger partial charge in [-0.05, 0) is 96.0 Å². The second-order valence-electron chi connectivity index (χ2n) is 18.0. The van der Waals surface area contributed by atoms with Crippen LogP contribution in [-0.2, 0) is 39.6 Å². The topological polar surface area (TPSA) is 201 Å². The number of amides is 1. The molecule has 0 saturated heterocycles. The van der Waals surface area contributed by atoms with Crippen molar-refractivity contribution < 1.29 is 62.2 Å². The Morgan fingerprint density at radius 2 is 1.70 bits per heavy atom. The van der Waals surface area contributed by atoms with E-state index < -0.39 is 117 Å². The fourth-order valence-corrected chi connectivity index (χ4v) is 10.3. The first-order chi connectivity index (χ1) is 32.1. The zero-order valence-electron chi connectivity index (χ0n) is 37.1. The number of sulfone groups is 1. The molecule has 1 amide bonds. The number of aryl methyl sites for hydroxylation is 1. The first-order valence-electron chi connectivity index (χ1n) is 21.4. The minimum Gasteiger partial charge on any atom is -0.405 e. The van der Waals surface area contributed by atoms with Gasteiger partial charge in [0.2, 0.25) is 11.8 Å². The molecule has 69 heavy (non-hydrogen) atoms. The summed E-state index contributed by atoms with van der Waals surface area (Å²) in [5, 5.41) is 36.8. The molecule has 25 heteroatoms. The van der Waals surface area contributed by atoms with Gasteiger partial charge < -0.3 is 20.2 Å². The molecule has 0 aliphatic heterocycles. The summed E-state index contributed by atoms with van der Waals surface area (Å²) in [7, 11) is -3.60. The van der Waals surface area contributed by atoms with Gasteiger partial charge in [0.25, 0.3) is 12.3 Å². The highest BCUT2D eigenvalue weighted by Crippen LogP contribution is 2.44. The number of nitrogens with zero attached hydrogens (tertiary/aromatic N) is 5. The normalized spacial score (nSPS) is 16.1. The summed E-state index contributed by atoms with van der Waals surface area (Å²) in [6.45, 7) is 3.75. The minimum absolute atomic E-state index is 0.00442. The summed E-state index contributed by atoms with van der Waals surface area (Å²) in [6, 6.07) is 6.41. The molecule has 0 spiro atoms. The number of pyridine rings is 1. The van der Waals surface area contributed by atoms with E-state index in [0.29, 0.717) is 18.9 Å². The smallest absolute Gasteiger partial charge is 0.405 e. The predicted octanol–water partition coefficient (Wildman–Crippen LogP) is 9.19. The lowest BCUT2D eigenvalue weighted by atomic mass is 9.93. The number of anilines is 2. The van der Waals surface area contributed by atoms with Gasteiger partial charge in [0.05, 0.1) is 49.9 Å². The van der Waals surface area contributed by atoms with Gasteiger partial charge in [-0.1, -0.05) is 28.8 Å². The molecule has 1 fully saturated rings. The average molecular weight is 1020 g/mol. The second kappa shape index (κ2) is 18.9. The second-order valence-corrected chi connectivity index (χ2v) is 21.2. The highest BCUT2D eigenvalue weighted by atomic mass is 35.5. The van der Waals surface area contributed by atoms with Crippen molar-refractivity contribution in [3.05, 3.63) is 93.2 Å². The van der Waals surface area contributed by atoms with Crippen molar-refractivity contribution in [1.29, 1.82) is 5.41 Å². The molecule has 1 saturated carbocycles. The van der Waals surface area contributed by atoms with Crippen LogP contribution in [0.25, 0.3) is 22.0 Å². The van der Waals surface area contributed by atoms with Crippen LogP contribution in [0.2, 0.25) is 5.02 Å². The highest BCUT2D eigenvalue weighted by molar-refractivity contribution is 7.93. The largest absolute Gasteiger partial charge is 0.433 e. The van der Waals surface area contributed by atoms with E-state index in [1.54, 1.807) is 13.8 Å². The SMILES string of the molecule is CC(C)(O)c1nnc(Nc2nn(CC(F)F)c3c(-c4ccc(CCC(C)(C)S(=O)(=O)C5CC5)nc4[C@H](Cc4cc(F)cc(F)c4)NC(=O)CNC4=C(C(=N)C(F)(F)F)CCC4(F)F)ccc(Cl)c23)o1. The standard InChI is InChI=1S/C44H45ClF9N9O5S/c1-41(2,69(66,67)25-6-7-25)13-11-24-5-8-26(27-9-10-29(45)33-35(27)63(20-31(48)49)62-38(33)59-40-61-60-39(68-40)42(3,4)65)34(57-24)30(17-21-15-22(46)18-23(47)16-21)58-32(64)19-56-37-28(12-14-43(37,50)51)36(55)44(52,53)54/h5,8-10,15-16,18,25,30-31,55-56,65H,6-7,11-14,17,19-20H2,1-4H3,(H,58,64)(H,59,61,62)/t30-/m0/s1. The molecular weight excluding hydrogens is 973 g/mol. The fourth-order valence-electron chi connectivity index (χ4n) is 8.03. The van der Waals surface area contributed by atoms with Crippen molar-refractivity contribution in [3.63, 3.8) is 0 Å². The number of aromatic nitrogens is 5. The number of benzene rings is 2. The molecular formula is C44H45ClF9N9O5S. The molecule has 2 aromatic carbocycles. The van der Waals surface area contributed by atoms with E-state index in [1.165, 1.54) is 38.1 Å². The Hall–Kier alpha value is -5.75. The monoisotopic (exact) mass is 1020 g/mol. The third-order valence-corrected chi connectivity index (χ3v) is 15.1. The van der Waals surface area contributed by atoms with Gasteiger partial charge in [0.15, 0.2) is 15.7 Å². The van der Waals surface area contributed by atoms with Gasteiger partial charge in [-0.15, -0.1) is 5.10 Å². The van der Waals surface area contributed by atoms with Gasteiger partial charge in [-0.2, -0.15) is 27.1 Å². The van der Waals surface area contributed by atoms with Crippen molar-refractivity contribution in [2.75, 3.05) is 11.9 Å². The van der Waals surface area contributed by atoms with Crippen LogP contribution in [-0.4, -0.2) is 85.2 Å². The van der Waals surface area contributed by atoms with Crippen LogP contribution in [0.3, 0.4) is 0 Å². The van der Waals surface area contributed by atoms with Crippen LogP contribution in [0.15, 0.2) is 58.2 Å². The summed E-state index contributed by atoms with van der Waals surface area (Å²) < 4.78 is 161. The van der Waals surface area contributed by atoms with E-state index >= 15 is 8.78 Å². The molecule has 3 aromatic heterocycles. The first kappa shape index (κ1) is 51.1. The molecule has 7 rings (SSSR count). The van der Waals surface area contributed by atoms with Crippen molar-refractivity contribution >= 4 is 55.8 Å². The Bertz CT molecular complexity index is 2930. The molecule has 0 unspecified atom stereocenters. The summed E-state index contributed by atoms with van der Waals surface area (Å²) in [6.07, 6.45) is -9.64. The van der Waals surface area contributed by atoms with E-state index in [0.717, 1.165) is 16.8 Å². The lowest BCUT2D eigenvalue weighted by Crippen LogP contribution is -2.40. The van der Waals surface area contributed by atoms with Crippen LogP contribution < -0.4 is 16.0 Å². The van der Waals surface area contributed by atoms with Gasteiger partial charge in [0.1, 0.15) is 29.5 Å². The van der Waals surface area contributed by atoms with Crippen LogP contribution in [0.5, 0.6) is 0 Å². The molecule has 5 N–H and O–H groups in total. The van der Waals surface area contributed by atoms with Gasteiger partial charge in [-0.3, -0.25) is 25.2 Å². The molecule has 14 nitrogen and oxygen atoms in total. The average Bonchev–Trinajstić information content (AvgIpc) is 3.79. The molecule has 3 heterocycles. The molecule has 372 valence electrons. The number of nitrogens with one attached hydrogen (secondary N) is 4. The molecule has 0 bridgehead atoms. The van der Waals surface area contributed by atoms with Crippen LogP contribution in [0.4, 0.5) is 51.3 Å². The van der Waals surface area contributed by atoms with Crippen LogP contribution in [0.1, 0.15) is 88.7 Å². The zero-order valence-corrected chi connectivity index (χ0v) is 38.7. The van der Waals surface area contributed by atoms with Crippen molar-refractivity contribution in [2.24, 2.45) is 0 Å². The fraction of sp³-hybridized carbons (Fsp3) is 0.455. The summed E-state index contributed by atoms with van der Waals surface area (Å²) >= 11 is 6.74. The number of fused-ring (bicyclic) bond motifs is 1. The molecule has 2 aliphatic carbocycles. The number of allylic oxidation sites excluding steroid dienone is 2. The third kappa shape index (κ3) is 11.2. The number of aliphatic hydroxyl groups is 1. The Kier molecular flexibility index (Phi) is 14.0. The van der Waals surface area contributed by atoms with E-state index in [2.05, 4.69) is 31.2 Å². The van der Waals surface area contributed by atoms with E-state index in [1.807, 2.05) is 0 Å². The maximum Gasteiger partial charge on any atom is 0.433 e. The number of carbonyl (C=O) groups excluding carboxylic acids is 1. The number of carbonyl (C=O) groups is 1. The lowest BCUT2D eigenvalue weighted by Gasteiger charge is -2.26. The number of hydrogen-bond donors (Lipinski definition) is 5. The van der Waals surface area contributed by atoms with Crippen molar-refractivity contribution in [3.8, 4) is 11.1 Å². The third-order valence-electron chi connectivity index (χ3n) is 11.7. The predicted molar refractivity (Wildman–Crippen MR) is 235 cm³/mol. The van der Waals surface area contributed by atoms with E-state index in [4.69, 9.17) is 26.4 Å². The summed E-state index contributed by atoms with van der Waals surface area (Å²) in [4.78, 5) is 18.8. The van der Waals surface area contributed by atoms with Gasteiger partial charge in [-0.25, -0.2) is 26.0 Å². The minimum atomic E-state index is -5.29. The van der Waals surface area contributed by atoms with Gasteiger partial charge in [0, 0.05) is 34.9 Å². The van der Waals surface area contributed by atoms with Gasteiger partial charge >= 0.3 is 12.2 Å². The summed E-state index contributed by atoms with van der Waals surface area (Å²) in [5.74, 6) is -7.46. The van der Waals surface area contributed by atoms with Crippen LogP contribution in [0, 0.1) is 17.0 Å². The molecule has 0 radical (unpaired) electrons. The first-order valence-corrected chi connectivity index (χ1v) is 23.3. The number of alkyl halides is 7. The number of hydrogen-bond acceptors (Lipinski definition) is 12. The zero-order chi connectivity index (χ0) is 50.6. The summed E-state index contributed by atoms with van der Waals surface area (Å²) in [5.41, 5.74) is -5.81. The maximum atomic E-state index is 15.0. The van der Waals surface area contributed by atoms with Crippen molar-refractivity contribution in [2.45, 2.75) is 119 Å². The molecule has 1 atom stereocenters. The Balaban J connectivity index is 1.38. The number of halogens is 10. The van der Waals surface area contributed by atoms with E-state index in [-0.39, 0.29) is 74.6 Å². The highest BCUT2D eigenvalue weighted by Gasteiger charge is 2.49. The molecule has 5 aromatic rings. The Morgan fingerprint density at radius 1 is 1.03 bits per heavy atom. The van der Waals surface area contributed by atoms with E-state index in [9.17, 15) is 49.1 Å². The quantitative estimate of drug-likeness (QED) is 0.0390. The Morgan fingerprint density at radius 3 is 2.30 bits per heavy atom. The van der Waals surface area contributed by atoms with Crippen LogP contribution >= 0.6 is 11.6 Å². The maximum absolute atomic E-state index is 15.0. The number of rotatable bonds is 19. The van der Waals surface area contributed by atoms with Crippen molar-refractivity contribution in [1.82, 2.24) is 35.6 Å². The Labute approximate surface area is 393 Å². The lowest BCUT2D eigenvalue weighted by molar-refractivity contribution is -0.121. The molecule has 2 aliphatic rings.